The van der Waals surface area contributed by atoms with Crippen molar-refractivity contribution in [3.63, 3.8) is 0 Å². The molecule has 0 radical (unpaired) electrons. The lowest BCUT2D eigenvalue weighted by Gasteiger charge is -2.23. The first-order valence-corrected chi connectivity index (χ1v) is 11.2. The maximum atomic E-state index is 13.4. The van der Waals surface area contributed by atoms with Crippen LogP contribution in [-0.2, 0) is 11.3 Å². The number of anilines is 2. The van der Waals surface area contributed by atoms with Gasteiger partial charge in [-0.05, 0) is 42.8 Å². The number of para-hydroxylation sites is 1. The Kier molecular flexibility index (Phi) is 5.93. The van der Waals surface area contributed by atoms with Gasteiger partial charge in [0.2, 0.25) is 0 Å². The van der Waals surface area contributed by atoms with E-state index in [1.807, 2.05) is 54.6 Å². The van der Waals surface area contributed by atoms with E-state index in [0.29, 0.717) is 46.2 Å². The quantitative estimate of drug-likeness (QED) is 0.432. The first kappa shape index (κ1) is 22.2. The lowest BCUT2D eigenvalue weighted by Crippen LogP contribution is -2.34. The van der Waals surface area contributed by atoms with Gasteiger partial charge in [-0.1, -0.05) is 42.5 Å². The topological polar surface area (TPSA) is 94.5 Å². The van der Waals surface area contributed by atoms with Crippen molar-refractivity contribution in [2.75, 3.05) is 17.7 Å². The molecule has 0 saturated carbocycles. The zero-order valence-corrected chi connectivity index (χ0v) is 19.3. The minimum Gasteiger partial charge on any atom is -0.496 e. The van der Waals surface area contributed by atoms with Crippen molar-refractivity contribution in [1.29, 1.82) is 0 Å². The average molecular weight is 469 g/mol. The number of fused-ring (bicyclic) bond motifs is 1. The molecule has 2 amide bonds. The van der Waals surface area contributed by atoms with Gasteiger partial charge in [0.1, 0.15) is 17.2 Å². The number of rotatable bonds is 6. The third-order valence-corrected chi connectivity index (χ3v) is 5.72. The summed E-state index contributed by atoms with van der Waals surface area (Å²) < 4.78 is 12.9. The number of benzene rings is 3. The monoisotopic (exact) mass is 468 g/mol. The van der Waals surface area contributed by atoms with E-state index in [-0.39, 0.29) is 11.8 Å². The predicted octanol–water partition coefficient (Wildman–Crippen LogP) is 4.58. The smallest absolute Gasteiger partial charge is 0.265 e. The summed E-state index contributed by atoms with van der Waals surface area (Å²) in [4.78, 5) is 25.4. The Morgan fingerprint density at radius 1 is 1.11 bits per heavy atom. The molecule has 8 heteroatoms. The van der Waals surface area contributed by atoms with E-state index < -0.39 is 6.10 Å². The summed E-state index contributed by atoms with van der Waals surface area (Å²) in [5, 5.41) is 10.5. The second-order valence-corrected chi connectivity index (χ2v) is 8.19. The van der Waals surface area contributed by atoms with E-state index in [9.17, 15) is 9.59 Å². The summed E-state index contributed by atoms with van der Waals surface area (Å²) in [5.74, 6) is 0.609. The van der Waals surface area contributed by atoms with Crippen LogP contribution in [0.2, 0.25) is 0 Å². The molecule has 4 aromatic rings. The molecule has 8 nitrogen and oxygen atoms in total. The van der Waals surface area contributed by atoms with Gasteiger partial charge in [-0.25, -0.2) is 0 Å². The molecular formula is C27H24N4O4. The van der Waals surface area contributed by atoms with E-state index in [4.69, 9.17) is 14.6 Å². The van der Waals surface area contributed by atoms with Crippen LogP contribution in [-0.4, -0.2) is 34.8 Å². The first-order valence-electron chi connectivity index (χ1n) is 11.2. The SMILES string of the molecule is COc1ccccc1-c1nn(Cc2ccccc2)cc1C(=O)Nc1ccc2c(c1)NC(=O)C(C)O2. The number of carbonyl (C=O) groups excluding carboxylic acids is 2. The van der Waals surface area contributed by atoms with Crippen molar-refractivity contribution in [2.45, 2.75) is 19.6 Å². The van der Waals surface area contributed by atoms with Gasteiger partial charge in [0.15, 0.2) is 6.10 Å². The number of hydrogen-bond donors (Lipinski definition) is 2. The van der Waals surface area contributed by atoms with Crippen molar-refractivity contribution < 1.29 is 19.1 Å². The van der Waals surface area contributed by atoms with E-state index in [0.717, 1.165) is 5.56 Å². The van der Waals surface area contributed by atoms with Crippen LogP contribution in [0.1, 0.15) is 22.8 Å². The minimum atomic E-state index is -0.568. The molecule has 0 saturated heterocycles. The van der Waals surface area contributed by atoms with Crippen LogP contribution in [0.25, 0.3) is 11.3 Å². The van der Waals surface area contributed by atoms with Crippen LogP contribution in [0.4, 0.5) is 11.4 Å². The standard InChI is InChI=1S/C27H24N4O4/c1-17-26(32)29-22-14-19(12-13-24(22)35-17)28-27(33)21-16-31(15-18-8-4-3-5-9-18)30-25(21)20-10-6-7-11-23(20)34-2/h3-14,16-17H,15H2,1-2H3,(H,28,33)(H,29,32). The summed E-state index contributed by atoms with van der Waals surface area (Å²) in [7, 11) is 1.59. The Balaban J connectivity index is 1.48. The molecule has 1 unspecified atom stereocenters. The highest BCUT2D eigenvalue weighted by molar-refractivity contribution is 6.09. The number of methoxy groups -OCH3 is 1. The molecule has 1 aliphatic heterocycles. The Morgan fingerprint density at radius 3 is 2.69 bits per heavy atom. The zero-order chi connectivity index (χ0) is 24.4. The highest BCUT2D eigenvalue weighted by Crippen LogP contribution is 2.34. The molecule has 176 valence electrons. The predicted molar refractivity (Wildman–Crippen MR) is 133 cm³/mol. The Hall–Kier alpha value is -4.59. The lowest BCUT2D eigenvalue weighted by atomic mass is 10.1. The van der Waals surface area contributed by atoms with Gasteiger partial charge in [-0.3, -0.25) is 14.3 Å². The van der Waals surface area contributed by atoms with Crippen molar-refractivity contribution in [2.24, 2.45) is 0 Å². The maximum absolute atomic E-state index is 13.4. The summed E-state index contributed by atoms with van der Waals surface area (Å²) in [5.41, 5.74) is 3.72. The average Bonchev–Trinajstić information content (AvgIpc) is 3.29. The molecule has 5 rings (SSSR count). The van der Waals surface area contributed by atoms with Gasteiger partial charge >= 0.3 is 0 Å². The van der Waals surface area contributed by atoms with Gasteiger partial charge in [0, 0.05) is 17.4 Å². The molecule has 3 aromatic carbocycles. The van der Waals surface area contributed by atoms with Crippen LogP contribution in [0.15, 0.2) is 79.0 Å². The maximum Gasteiger partial charge on any atom is 0.265 e. The van der Waals surface area contributed by atoms with E-state index >= 15 is 0 Å². The molecular weight excluding hydrogens is 444 g/mol. The van der Waals surface area contributed by atoms with Crippen LogP contribution in [0, 0.1) is 0 Å². The van der Waals surface area contributed by atoms with E-state index in [1.165, 1.54) is 0 Å². The molecule has 1 aromatic heterocycles. The summed E-state index contributed by atoms with van der Waals surface area (Å²) in [6.45, 7) is 2.19. The number of nitrogens with zero attached hydrogens (tertiary/aromatic N) is 2. The first-order chi connectivity index (χ1) is 17.0. The van der Waals surface area contributed by atoms with Crippen molar-refractivity contribution in [3.05, 3.63) is 90.1 Å². The fourth-order valence-corrected chi connectivity index (χ4v) is 3.96. The molecule has 1 aliphatic rings. The highest BCUT2D eigenvalue weighted by Gasteiger charge is 2.25. The zero-order valence-electron chi connectivity index (χ0n) is 19.3. The molecule has 0 bridgehead atoms. The minimum absolute atomic E-state index is 0.235. The Morgan fingerprint density at radius 2 is 1.89 bits per heavy atom. The third kappa shape index (κ3) is 4.59. The molecule has 0 fully saturated rings. The van der Waals surface area contributed by atoms with Gasteiger partial charge in [-0.15, -0.1) is 0 Å². The second-order valence-electron chi connectivity index (χ2n) is 8.19. The van der Waals surface area contributed by atoms with Crippen LogP contribution < -0.4 is 20.1 Å². The Labute approximate surface area is 202 Å². The third-order valence-electron chi connectivity index (χ3n) is 5.72. The molecule has 35 heavy (non-hydrogen) atoms. The number of nitrogens with one attached hydrogen (secondary N) is 2. The Bertz CT molecular complexity index is 1400. The van der Waals surface area contributed by atoms with Gasteiger partial charge in [0.05, 0.1) is 24.9 Å². The van der Waals surface area contributed by atoms with Crippen LogP contribution in [0.5, 0.6) is 11.5 Å². The van der Waals surface area contributed by atoms with Crippen LogP contribution >= 0.6 is 0 Å². The number of carbonyl (C=O) groups is 2. The fraction of sp³-hybridized carbons (Fsp3) is 0.148. The van der Waals surface area contributed by atoms with Crippen molar-refractivity contribution >= 4 is 23.2 Å². The largest absolute Gasteiger partial charge is 0.496 e. The molecule has 2 heterocycles. The second kappa shape index (κ2) is 9.34. The number of hydrogen-bond acceptors (Lipinski definition) is 5. The highest BCUT2D eigenvalue weighted by atomic mass is 16.5. The van der Waals surface area contributed by atoms with Crippen molar-refractivity contribution in [1.82, 2.24) is 9.78 Å². The number of amides is 2. The van der Waals surface area contributed by atoms with Gasteiger partial charge < -0.3 is 20.1 Å². The summed E-state index contributed by atoms with van der Waals surface area (Å²) in [6, 6.07) is 22.5. The molecule has 0 spiro atoms. The summed E-state index contributed by atoms with van der Waals surface area (Å²) >= 11 is 0. The van der Waals surface area contributed by atoms with E-state index in [1.54, 1.807) is 43.1 Å². The van der Waals surface area contributed by atoms with E-state index in [2.05, 4.69) is 10.6 Å². The molecule has 0 aliphatic carbocycles. The number of aromatic nitrogens is 2. The molecule has 2 N–H and O–H groups in total. The molecule has 1 atom stereocenters. The van der Waals surface area contributed by atoms with Gasteiger partial charge in [0.25, 0.3) is 11.8 Å². The fourth-order valence-electron chi connectivity index (χ4n) is 3.96. The van der Waals surface area contributed by atoms with Gasteiger partial charge in [-0.2, -0.15) is 5.10 Å². The van der Waals surface area contributed by atoms with Crippen LogP contribution in [0.3, 0.4) is 0 Å². The number of ether oxygens (including phenoxy) is 2. The normalized spacial score (nSPS) is 14.5. The van der Waals surface area contributed by atoms with Crippen molar-refractivity contribution in [3.8, 4) is 22.8 Å². The summed E-state index contributed by atoms with van der Waals surface area (Å²) in [6.07, 6.45) is 1.16. The lowest BCUT2D eigenvalue weighted by molar-refractivity contribution is -0.122.